The molecule has 1 fully saturated rings. The molecule has 1 unspecified atom stereocenters. The lowest BCUT2D eigenvalue weighted by atomic mass is 9.84. The lowest BCUT2D eigenvalue weighted by Crippen LogP contribution is -2.36. The number of ether oxygens (including phenoxy) is 1. The van der Waals surface area contributed by atoms with Crippen molar-refractivity contribution < 1.29 is 19.4 Å². The minimum absolute atomic E-state index is 0.195. The number of likely N-dealkylation sites (tertiary alicyclic amines) is 1. The smallest absolute Gasteiger partial charge is 0.407 e. The predicted octanol–water partition coefficient (Wildman–Crippen LogP) is 1.11. The number of allylic oxidation sites excluding steroid dienone is 1. The van der Waals surface area contributed by atoms with Gasteiger partial charge in [-0.05, 0) is 12.8 Å². The normalized spacial score (nSPS) is 25.0. The van der Waals surface area contributed by atoms with Crippen LogP contribution in [-0.2, 0) is 9.53 Å². The number of carboxylic acid groups (broad SMARTS) is 1. The summed E-state index contributed by atoms with van der Waals surface area (Å²) in [5, 5.41) is 8.82. The van der Waals surface area contributed by atoms with E-state index in [2.05, 4.69) is 6.58 Å². The highest BCUT2D eigenvalue weighted by Gasteiger charge is 2.46. The van der Waals surface area contributed by atoms with Crippen molar-refractivity contribution in [3.05, 3.63) is 12.7 Å². The highest BCUT2D eigenvalue weighted by atomic mass is 16.5. The summed E-state index contributed by atoms with van der Waals surface area (Å²) >= 11 is 0. The third-order valence-corrected chi connectivity index (χ3v) is 2.78. The summed E-state index contributed by atoms with van der Waals surface area (Å²) in [7, 11) is 1.32. The van der Waals surface area contributed by atoms with Crippen LogP contribution in [0.4, 0.5) is 4.79 Å². The van der Waals surface area contributed by atoms with Crippen molar-refractivity contribution in [1.82, 2.24) is 4.90 Å². The maximum absolute atomic E-state index is 11.6. The van der Waals surface area contributed by atoms with E-state index in [-0.39, 0.29) is 12.5 Å². The van der Waals surface area contributed by atoms with E-state index in [9.17, 15) is 9.59 Å². The molecular formula is C10H15NO4. The van der Waals surface area contributed by atoms with Crippen molar-refractivity contribution in [3.63, 3.8) is 0 Å². The van der Waals surface area contributed by atoms with Gasteiger partial charge in [-0.2, -0.15) is 0 Å². The van der Waals surface area contributed by atoms with Crippen molar-refractivity contribution in [2.24, 2.45) is 5.41 Å². The number of hydrogen-bond donors (Lipinski definition) is 1. The van der Waals surface area contributed by atoms with Gasteiger partial charge in [0.2, 0.25) is 0 Å². The SMILES string of the molecule is C=CCC1(C(=O)OC)CCN(C(=O)O)C1. The molecule has 1 saturated heterocycles. The lowest BCUT2D eigenvalue weighted by molar-refractivity contribution is -0.151. The van der Waals surface area contributed by atoms with Crippen LogP contribution in [0.3, 0.4) is 0 Å². The standard InChI is InChI=1S/C10H15NO4/c1-3-4-10(8(12)15-2)5-6-11(7-10)9(13)14/h3H,1,4-7H2,2H3,(H,13,14). The molecule has 84 valence electrons. The molecule has 0 aromatic heterocycles. The number of carbonyl (C=O) groups is 2. The first-order chi connectivity index (χ1) is 7.05. The van der Waals surface area contributed by atoms with Gasteiger partial charge in [0.05, 0.1) is 12.5 Å². The summed E-state index contributed by atoms with van der Waals surface area (Å²) in [6.07, 6.45) is 1.58. The number of hydrogen-bond acceptors (Lipinski definition) is 3. The molecule has 1 N–H and O–H groups in total. The Labute approximate surface area is 88.3 Å². The molecule has 0 saturated carbocycles. The molecule has 1 aliphatic heterocycles. The van der Waals surface area contributed by atoms with Gasteiger partial charge in [0.15, 0.2) is 0 Å². The zero-order valence-corrected chi connectivity index (χ0v) is 8.73. The maximum atomic E-state index is 11.6. The number of rotatable bonds is 3. The second-order valence-corrected chi connectivity index (χ2v) is 3.72. The van der Waals surface area contributed by atoms with Crippen molar-refractivity contribution in [2.45, 2.75) is 12.8 Å². The summed E-state index contributed by atoms with van der Waals surface area (Å²) in [6.45, 7) is 4.15. The van der Waals surface area contributed by atoms with Crippen molar-refractivity contribution >= 4 is 12.1 Å². The third-order valence-electron chi connectivity index (χ3n) is 2.78. The molecule has 0 spiro atoms. The number of amides is 1. The molecule has 0 radical (unpaired) electrons. The fourth-order valence-corrected chi connectivity index (χ4v) is 1.95. The molecular weight excluding hydrogens is 198 g/mol. The van der Waals surface area contributed by atoms with Gasteiger partial charge in [-0.1, -0.05) is 6.08 Å². The quantitative estimate of drug-likeness (QED) is 0.563. The summed E-state index contributed by atoms with van der Waals surface area (Å²) in [5.41, 5.74) is -0.727. The van der Waals surface area contributed by atoms with Crippen LogP contribution in [0, 0.1) is 5.41 Å². The molecule has 0 aromatic rings. The highest BCUT2D eigenvalue weighted by molar-refractivity contribution is 5.79. The van der Waals surface area contributed by atoms with Crippen LogP contribution in [-0.4, -0.2) is 42.3 Å². The van der Waals surface area contributed by atoms with Crippen molar-refractivity contribution in [1.29, 1.82) is 0 Å². The lowest BCUT2D eigenvalue weighted by Gasteiger charge is -2.24. The predicted molar refractivity (Wildman–Crippen MR) is 53.5 cm³/mol. The molecule has 1 aliphatic rings. The molecule has 5 heteroatoms. The Morgan fingerprint density at radius 1 is 1.67 bits per heavy atom. The number of esters is 1. The van der Waals surface area contributed by atoms with Crippen LogP contribution in [0.2, 0.25) is 0 Å². The molecule has 0 aliphatic carbocycles. The van der Waals surface area contributed by atoms with E-state index in [4.69, 9.17) is 9.84 Å². The Morgan fingerprint density at radius 2 is 2.33 bits per heavy atom. The molecule has 5 nitrogen and oxygen atoms in total. The third kappa shape index (κ3) is 2.11. The molecule has 1 amide bonds. The fraction of sp³-hybridized carbons (Fsp3) is 0.600. The van der Waals surface area contributed by atoms with Crippen LogP contribution < -0.4 is 0 Å². The van der Waals surface area contributed by atoms with Crippen LogP contribution in [0.15, 0.2) is 12.7 Å². The van der Waals surface area contributed by atoms with Crippen molar-refractivity contribution in [3.8, 4) is 0 Å². The first-order valence-electron chi connectivity index (χ1n) is 4.73. The number of methoxy groups -OCH3 is 1. The average Bonchev–Trinajstić information content (AvgIpc) is 2.63. The summed E-state index contributed by atoms with van der Waals surface area (Å²) < 4.78 is 4.71. The van der Waals surface area contributed by atoms with E-state index < -0.39 is 11.5 Å². The molecule has 0 bridgehead atoms. The Morgan fingerprint density at radius 3 is 2.73 bits per heavy atom. The minimum atomic E-state index is -0.996. The molecule has 1 rings (SSSR count). The average molecular weight is 213 g/mol. The topological polar surface area (TPSA) is 66.8 Å². The first-order valence-corrected chi connectivity index (χ1v) is 4.73. The van der Waals surface area contributed by atoms with E-state index in [1.807, 2.05) is 0 Å². The molecule has 1 heterocycles. The summed E-state index contributed by atoms with van der Waals surface area (Å²) in [5.74, 6) is -0.355. The Kier molecular flexibility index (Phi) is 3.34. The molecule has 0 aromatic carbocycles. The second kappa shape index (κ2) is 4.33. The number of carbonyl (C=O) groups excluding carboxylic acids is 1. The Bertz CT molecular complexity index is 289. The fourth-order valence-electron chi connectivity index (χ4n) is 1.95. The van der Waals surface area contributed by atoms with Gasteiger partial charge >= 0.3 is 12.1 Å². The van der Waals surface area contributed by atoms with Crippen LogP contribution in [0.5, 0.6) is 0 Å². The van der Waals surface area contributed by atoms with Gasteiger partial charge in [-0.3, -0.25) is 4.79 Å². The van der Waals surface area contributed by atoms with E-state index in [1.54, 1.807) is 6.08 Å². The van der Waals surface area contributed by atoms with Gasteiger partial charge in [0.25, 0.3) is 0 Å². The van der Waals surface area contributed by atoms with Gasteiger partial charge in [-0.15, -0.1) is 6.58 Å². The summed E-state index contributed by atoms with van der Waals surface area (Å²) in [6, 6.07) is 0. The van der Waals surface area contributed by atoms with Gasteiger partial charge in [0, 0.05) is 13.1 Å². The maximum Gasteiger partial charge on any atom is 0.407 e. The second-order valence-electron chi connectivity index (χ2n) is 3.72. The minimum Gasteiger partial charge on any atom is -0.469 e. The largest absolute Gasteiger partial charge is 0.469 e. The zero-order chi connectivity index (χ0) is 11.5. The number of nitrogens with zero attached hydrogens (tertiary/aromatic N) is 1. The zero-order valence-electron chi connectivity index (χ0n) is 8.73. The van der Waals surface area contributed by atoms with E-state index in [0.717, 1.165) is 0 Å². The Hall–Kier alpha value is -1.52. The van der Waals surface area contributed by atoms with Crippen molar-refractivity contribution in [2.75, 3.05) is 20.2 Å². The van der Waals surface area contributed by atoms with E-state index in [1.165, 1.54) is 12.0 Å². The van der Waals surface area contributed by atoms with Gasteiger partial charge in [0.1, 0.15) is 0 Å². The monoisotopic (exact) mass is 213 g/mol. The Balaban J connectivity index is 2.81. The first kappa shape index (κ1) is 11.6. The van der Waals surface area contributed by atoms with Gasteiger partial charge in [-0.25, -0.2) is 4.79 Å². The highest BCUT2D eigenvalue weighted by Crippen LogP contribution is 2.35. The van der Waals surface area contributed by atoms with E-state index in [0.29, 0.717) is 19.4 Å². The van der Waals surface area contributed by atoms with E-state index >= 15 is 0 Å². The molecule has 15 heavy (non-hydrogen) atoms. The van der Waals surface area contributed by atoms with Crippen LogP contribution in [0.1, 0.15) is 12.8 Å². The van der Waals surface area contributed by atoms with Gasteiger partial charge < -0.3 is 14.7 Å². The molecule has 1 atom stereocenters. The van der Waals surface area contributed by atoms with Crippen LogP contribution >= 0.6 is 0 Å². The van der Waals surface area contributed by atoms with Crippen LogP contribution in [0.25, 0.3) is 0 Å². The summed E-state index contributed by atoms with van der Waals surface area (Å²) in [4.78, 5) is 23.6.